The van der Waals surface area contributed by atoms with E-state index in [-0.39, 0.29) is 5.91 Å². The lowest BCUT2D eigenvalue weighted by Crippen LogP contribution is -2.13. The average molecular weight is 347 g/mol. The molecule has 5 heteroatoms. The normalized spacial score (nSPS) is 10.2. The quantitative estimate of drug-likeness (QED) is 0.681. The second kappa shape index (κ2) is 8.16. The standard InChI is InChI=1S/C21H21N3O2/c1-3-15-4-6-16(7-5-15)23-18-10-13-20(22-14-18)21(25)24-17-8-11-19(26-2)12-9-17/h4-14,23H,3H2,1-2H3,(H,24,25). The van der Waals surface area contributed by atoms with E-state index >= 15 is 0 Å². The monoisotopic (exact) mass is 347 g/mol. The van der Waals surface area contributed by atoms with Crippen molar-refractivity contribution in [3.05, 3.63) is 78.1 Å². The third kappa shape index (κ3) is 4.39. The minimum Gasteiger partial charge on any atom is -0.497 e. The fourth-order valence-corrected chi connectivity index (χ4v) is 2.46. The highest BCUT2D eigenvalue weighted by Gasteiger charge is 2.08. The Kier molecular flexibility index (Phi) is 5.49. The van der Waals surface area contributed by atoms with Gasteiger partial charge in [0.25, 0.3) is 5.91 Å². The number of ether oxygens (including phenoxy) is 1. The van der Waals surface area contributed by atoms with Crippen molar-refractivity contribution < 1.29 is 9.53 Å². The lowest BCUT2D eigenvalue weighted by Gasteiger charge is -2.08. The number of benzene rings is 2. The Morgan fingerprint density at radius 2 is 1.58 bits per heavy atom. The molecule has 0 aliphatic carbocycles. The molecule has 0 saturated heterocycles. The lowest BCUT2D eigenvalue weighted by molar-refractivity contribution is 0.102. The van der Waals surface area contributed by atoms with Crippen molar-refractivity contribution in [3.63, 3.8) is 0 Å². The van der Waals surface area contributed by atoms with E-state index in [9.17, 15) is 4.79 Å². The molecule has 0 radical (unpaired) electrons. The molecule has 0 spiro atoms. The fourth-order valence-electron chi connectivity index (χ4n) is 2.46. The molecule has 3 aromatic rings. The van der Waals surface area contributed by atoms with Crippen LogP contribution in [0.3, 0.4) is 0 Å². The summed E-state index contributed by atoms with van der Waals surface area (Å²) in [5.74, 6) is 0.484. The molecule has 0 saturated carbocycles. The summed E-state index contributed by atoms with van der Waals surface area (Å²) in [5.41, 5.74) is 4.15. The van der Waals surface area contributed by atoms with Crippen LogP contribution in [0.5, 0.6) is 5.75 Å². The van der Waals surface area contributed by atoms with Crippen LogP contribution < -0.4 is 15.4 Å². The second-order valence-corrected chi connectivity index (χ2v) is 5.79. The van der Waals surface area contributed by atoms with Gasteiger partial charge < -0.3 is 15.4 Å². The number of hydrogen-bond donors (Lipinski definition) is 2. The number of pyridine rings is 1. The summed E-state index contributed by atoms with van der Waals surface area (Å²) < 4.78 is 5.10. The minimum absolute atomic E-state index is 0.256. The molecule has 1 heterocycles. The summed E-state index contributed by atoms with van der Waals surface area (Å²) in [5, 5.41) is 6.09. The van der Waals surface area contributed by atoms with Gasteiger partial charge in [-0.1, -0.05) is 19.1 Å². The number of aryl methyl sites for hydroxylation is 1. The molecule has 132 valence electrons. The number of hydrogen-bond acceptors (Lipinski definition) is 4. The maximum atomic E-state index is 12.3. The number of carbonyl (C=O) groups is 1. The van der Waals surface area contributed by atoms with Crippen molar-refractivity contribution in [3.8, 4) is 5.75 Å². The van der Waals surface area contributed by atoms with Gasteiger partial charge in [0.2, 0.25) is 0 Å². The van der Waals surface area contributed by atoms with E-state index in [1.807, 2.05) is 18.2 Å². The number of anilines is 3. The Bertz CT molecular complexity index is 857. The highest BCUT2D eigenvalue weighted by atomic mass is 16.5. The molecular formula is C21H21N3O2. The zero-order chi connectivity index (χ0) is 18.4. The van der Waals surface area contributed by atoms with Crippen molar-refractivity contribution in [2.45, 2.75) is 13.3 Å². The van der Waals surface area contributed by atoms with Crippen molar-refractivity contribution in [1.29, 1.82) is 0 Å². The molecule has 2 N–H and O–H groups in total. The van der Waals surface area contributed by atoms with E-state index in [4.69, 9.17) is 4.74 Å². The van der Waals surface area contributed by atoms with Gasteiger partial charge >= 0.3 is 0 Å². The van der Waals surface area contributed by atoms with Crippen molar-refractivity contribution in [2.24, 2.45) is 0 Å². The number of nitrogens with zero attached hydrogens (tertiary/aromatic N) is 1. The summed E-state index contributed by atoms with van der Waals surface area (Å²) >= 11 is 0. The molecule has 1 amide bonds. The number of methoxy groups -OCH3 is 1. The van der Waals surface area contributed by atoms with Crippen LogP contribution >= 0.6 is 0 Å². The fraction of sp³-hybridized carbons (Fsp3) is 0.143. The first-order valence-corrected chi connectivity index (χ1v) is 8.45. The molecule has 0 bridgehead atoms. The molecule has 2 aromatic carbocycles. The third-order valence-corrected chi connectivity index (χ3v) is 3.99. The largest absolute Gasteiger partial charge is 0.497 e. The molecule has 26 heavy (non-hydrogen) atoms. The maximum absolute atomic E-state index is 12.3. The summed E-state index contributed by atoms with van der Waals surface area (Å²) in [4.78, 5) is 16.5. The Morgan fingerprint density at radius 3 is 2.15 bits per heavy atom. The average Bonchev–Trinajstić information content (AvgIpc) is 2.69. The van der Waals surface area contributed by atoms with Gasteiger partial charge in [-0.25, -0.2) is 4.98 Å². The van der Waals surface area contributed by atoms with Crippen LogP contribution in [0, 0.1) is 0 Å². The van der Waals surface area contributed by atoms with Crippen LogP contribution in [-0.4, -0.2) is 18.0 Å². The van der Waals surface area contributed by atoms with E-state index in [0.717, 1.165) is 23.5 Å². The van der Waals surface area contributed by atoms with Gasteiger partial charge in [0.15, 0.2) is 0 Å². The van der Waals surface area contributed by atoms with Gasteiger partial charge in [0.1, 0.15) is 11.4 Å². The zero-order valence-electron chi connectivity index (χ0n) is 14.8. The van der Waals surface area contributed by atoms with Crippen LogP contribution in [-0.2, 0) is 6.42 Å². The first-order valence-electron chi connectivity index (χ1n) is 8.45. The molecular weight excluding hydrogens is 326 g/mol. The predicted molar refractivity (Wildman–Crippen MR) is 104 cm³/mol. The first-order chi connectivity index (χ1) is 12.7. The number of nitrogens with one attached hydrogen (secondary N) is 2. The summed E-state index contributed by atoms with van der Waals surface area (Å²) in [6, 6.07) is 18.9. The van der Waals surface area contributed by atoms with Gasteiger partial charge in [-0.3, -0.25) is 4.79 Å². The van der Waals surface area contributed by atoms with E-state index < -0.39 is 0 Å². The van der Waals surface area contributed by atoms with E-state index in [0.29, 0.717) is 11.4 Å². The smallest absolute Gasteiger partial charge is 0.274 e. The van der Waals surface area contributed by atoms with Crippen molar-refractivity contribution >= 4 is 23.0 Å². The third-order valence-electron chi connectivity index (χ3n) is 3.99. The van der Waals surface area contributed by atoms with Crippen LogP contribution in [0.1, 0.15) is 23.0 Å². The molecule has 0 unspecified atom stereocenters. The van der Waals surface area contributed by atoms with Crippen molar-refractivity contribution in [2.75, 3.05) is 17.7 Å². The Balaban J connectivity index is 1.63. The minimum atomic E-state index is -0.256. The highest BCUT2D eigenvalue weighted by molar-refractivity contribution is 6.03. The summed E-state index contributed by atoms with van der Waals surface area (Å²) in [6.07, 6.45) is 2.66. The van der Waals surface area contributed by atoms with E-state index in [2.05, 4.69) is 34.7 Å². The number of carbonyl (C=O) groups excluding carboxylic acids is 1. The van der Waals surface area contributed by atoms with Crippen molar-refractivity contribution in [1.82, 2.24) is 4.98 Å². The zero-order valence-corrected chi connectivity index (χ0v) is 14.8. The van der Waals surface area contributed by atoms with Crippen LogP contribution in [0.4, 0.5) is 17.1 Å². The first kappa shape index (κ1) is 17.5. The van der Waals surface area contributed by atoms with E-state index in [1.165, 1.54) is 5.56 Å². The van der Waals surface area contributed by atoms with Crippen LogP contribution in [0.15, 0.2) is 66.9 Å². The Labute approximate surface area is 153 Å². The maximum Gasteiger partial charge on any atom is 0.274 e. The van der Waals surface area contributed by atoms with Gasteiger partial charge in [-0.2, -0.15) is 0 Å². The Hall–Kier alpha value is -3.34. The molecule has 0 atom stereocenters. The molecule has 5 nitrogen and oxygen atoms in total. The molecule has 0 fully saturated rings. The van der Waals surface area contributed by atoms with Crippen LogP contribution in [0.2, 0.25) is 0 Å². The number of aromatic nitrogens is 1. The topological polar surface area (TPSA) is 63.2 Å². The molecule has 1 aromatic heterocycles. The summed E-state index contributed by atoms with van der Waals surface area (Å²) in [6.45, 7) is 2.13. The van der Waals surface area contributed by atoms with Gasteiger partial charge in [-0.05, 0) is 60.5 Å². The van der Waals surface area contributed by atoms with Crippen LogP contribution in [0.25, 0.3) is 0 Å². The number of amides is 1. The number of rotatable bonds is 6. The second-order valence-electron chi connectivity index (χ2n) is 5.79. The predicted octanol–water partition coefficient (Wildman–Crippen LogP) is 4.65. The van der Waals surface area contributed by atoms with Gasteiger partial charge in [0, 0.05) is 11.4 Å². The Morgan fingerprint density at radius 1 is 0.923 bits per heavy atom. The molecule has 0 aliphatic rings. The SMILES string of the molecule is CCc1ccc(Nc2ccc(C(=O)Nc3ccc(OC)cc3)nc2)cc1. The lowest BCUT2D eigenvalue weighted by atomic mass is 10.1. The molecule has 3 rings (SSSR count). The summed E-state index contributed by atoms with van der Waals surface area (Å²) in [7, 11) is 1.60. The molecule has 0 aliphatic heterocycles. The van der Waals surface area contributed by atoms with E-state index in [1.54, 1.807) is 43.6 Å². The van der Waals surface area contributed by atoms with Gasteiger partial charge in [0.05, 0.1) is 19.0 Å². The highest BCUT2D eigenvalue weighted by Crippen LogP contribution is 2.18. The van der Waals surface area contributed by atoms with Gasteiger partial charge in [-0.15, -0.1) is 0 Å².